The molecule has 3 N–H and O–H groups in total. The second-order valence-electron chi connectivity index (χ2n) is 5.70. The lowest BCUT2D eigenvalue weighted by molar-refractivity contribution is -0.129. The van der Waals surface area contributed by atoms with Crippen molar-refractivity contribution >= 4 is 22.2 Å². The van der Waals surface area contributed by atoms with E-state index >= 15 is 0 Å². The maximum Gasteiger partial charge on any atom is 0.274 e. The highest BCUT2D eigenvalue weighted by molar-refractivity contribution is 7.87. The summed E-state index contributed by atoms with van der Waals surface area (Å²) < 4.78 is 24.4. The fourth-order valence-electron chi connectivity index (χ4n) is 2.65. The highest BCUT2D eigenvalue weighted by atomic mass is 32.2. The third-order valence-corrected chi connectivity index (χ3v) is 4.31. The lowest BCUT2D eigenvalue weighted by Crippen LogP contribution is -2.49. The number of aromatic nitrogens is 1. The molecule has 8 heteroatoms. The summed E-state index contributed by atoms with van der Waals surface area (Å²) >= 11 is 0. The Balaban J connectivity index is 2.03. The Morgan fingerprint density at radius 2 is 2.26 bits per heavy atom. The van der Waals surface area contributed by atoms with E-state index in [0.717, 1.165) is 30.4 Å². The smallest absolute Gasteiger partial charge is 0.274 e. The molecule has 0 aliphatic carbocycles. The molecular weight excluding hydrogens is 316 g/mol. The molecular formula is C15H22N4O3S. The SMILES string of the molecule is Cc1cncc(C=CC(=O)N2CCCCC2CNS(N)(=O)=O)c1. The number of aryl methyl sites for hydroxylation is 1. The first-order valence-electron chi connectivity index (χ1n) is 7.53. The molecule has 0 aromatic carbocycles. The van der Waals surface area contributed by atoms with E-state index < -0.39 is 10.2 Å². The van der Waals surface area contributed by atoms with Crippen LogP contribution in [0.5, 0.6) is 0 Å². The van der Waals surface area contributed by atoms with E-state index in [-0.39, 0.29) is 18.5 Å². The van der Waals surface area contributed by atoms with Gasteiger partial charge in [0, 0.05) is 37.6 Å². The first-order chi connectivity index (χ1) is 10.8. The molecule has 0 spiro atoms. The van der Waals surface area contributed by atoms with Crippen LogP contribution in [0.4, 0.5) is 0 Å². The van der Waals surface area contributed by atoms with Gasteiger partial charge in [0.25, 0.3) is 10.2 Å². The van der Waals surface area contributed by atoms with Crippen molar-refractivity contribution in [1.82, 2.24) is 14.6 Å². The van der Waals surface area contributed by atoms with E-state index in [1.807, 2.05) is 13.0 Å². The summed E-state index contributed by atoms with van der Waals surface area (Å²) in [6, 6.07) is 1.77. The van der Waals surface area contributed by atoms with Crippen LogP contribution in [-0.4, -0.2) is 43.3 Å². The van der Waals surface area contributed by atoms with Crippen LogP contribution >= 0.6 is 0 Å². The van der Waals surface area contributed by atoms with Gasteiger partial charge in [0.1, 0.15) is 0 Å². The maximum absolute atomic E-state index is 12.4. The van der Waals surface area contributed by atoms with Gasteiger partial charge in [-0.3, -0.25) is 9.78 Å². The van der Waals surface area contributed by atoms with Crippen molar-refractivity contribution < 1.29 is 13.2 Å². The molecule has 1 unspecified atom stereocenters. The standard InChI is InChI=1S/C15H22N4O3S/c1-12-8-13(10-17-9-12)5-6-15(20)19-7-3-2-4-14(19)11-18-23(16,21)22/h5-6,8-10,14,18H,2-4,7,11H2,1H3,(H2,16,21,22). The minimum absolute atomic E-state index is 0.132. The number of rotatable bonds is 5. The molecule has 1 fully saturated rings. The van der Waals surface area contributed by atoms with Gasteiger partial charge in [0.15, 0.2) is 0 Å². The third kappa shape index (κ3) is 5.74. The molecule has 1 aromatic rings. The highest BCUT2D eigenvalue weighted by Crippen LogP contribution is 2.17. The highest BCUT2D eigenvalue weighted by Gasteiger charge is 2.25. The fraction of sp³-hybridized carbons (Fsp3) is 0.467. The van der Waals surface area contributed by atoms with Crippen LogP contribution in [0.1, 0.15) is 30.4 Å². The van der Waals surface area contributed by atoms with Gasteiger partial charge in [-0.1, -0.05) is 0 Å². The molecule has 126 valence electrons. The summed E-state index contributed by atoms with van der Waals surface area (Å²) in [6.07, 6.45) is 9.30. The number of nitrogens with two attached hydrogens (primary N) is 1. The van der Waals surface area contributed by atoms with E-state index in [1.54, 1.807) is 23.4 Å². The van der Waals surface area contributed by atoms with E-state index in [1.165, 1.54) is 6.08 Å². The topological polar surface area (TPSA) is 105 Å². The Hall–Kier alpha value is -1.77. The quantitative estimate of drug-likeness (QED) is 0.766. The number of likely N-dealkylation sites (tertiary alicyclic amines) is 1. The number of piperidine rings is 1. The first-order valence-corrected chi connectivity index (χ1v) is 9.07. The number of carbonyl (C=O) groups is 1. The molecule has 2 heterocycles. The average molecular weight is 338 g/mol. The van der Waals surface area contributed by atoms with Crippen molar-refractivity contribution in [3.8, 4) is 0 Å². The van der Waals surface area contributed by atoms with E-state index in [0.29, 0.717) is 6.54 Å². The van der Waals surface area contributed by atoms with Crippen LogP contribution in [0.3, 0.4) is 0 Å². The summed E-state index contributed by atoms with van der Waals surface area (Å²) in [5, 5.41) is 4.96. The van der Waals surface area contributed by atoms with Gasteiger partial charge in [-0.05, 0) is 49.5 Å². The lowest BCUT2D eigenvalue weighted by atomic mass is 10.0. The minimum Gasteiger partial charge on any atom is -0.335 e. The van der Waals surface area contributed by atoms with Gasteiger partial charge >= 0.3 is 0 Å². The summed E-state index contributed by atoms with van der Waals surface area (Å²) in [5.41, 5.74) is 1.88. The second-order valence-corrected chi connectivity index (χ2v) is 7.08. The molecule has 1 amide bonds. The summed E-state index contributed by atoms with van der Waals surface area (Å²) in [6.45, 7) is 2.70. The Morgan fingerprint density at radius 1 is 1.48 bits per heavy atom. The maximum atomic E-state index is 12.4. The molecule has 2 rings (SSSR count). The van der Waals surface area contributed by atoms with E-state index in [4.69, 9.17) is 5.14 Å². The van der Waals surface area contributed by atoms with Crippen LogP contribution in [-0.2, 0) is 15.0 Å². The summed E-state index contributed by atoms with van der Waals surface area (Å²) in [7, 11) is -3.75. The van der Waals surface area contributed by atoms with Crippen LogP contribution in [0.25, 0.3) is 6.08 Å². The van der Waals surface area contributed by atoms with Gasteiger partial charge < -0.3 is 4.90 Å². The van der Waals surface area contributed by atoms with Crippen molar-refractivity contribution in [1.29, 1.82) is 0 Å². The molecule has 1 aromatic heterocycles. The molecule has 1 aliphatic heterocycles. The Labute approximate surface area is 136 Å². The number of nitrogens with zero attached hydrogens (tertiary/aromatic N) is 2. The number of amides is 1. The van der Waals surface area contributed by atoms with Crippen molar-refractivity contribution in [2.45, 2.75) is 32.2 Å². The Kier molecular flexibility index (Phi) is 5.86. The monoisotopic (exact) mass is 338 g/mol. The molecule has 1 aliphatic rings. The Bertz CT molecular complexity index is 688. The Morgan fingerprint density at radius 3 is 2.96 bits per heavy atom. The number of hydrogen-bond acceptors (Lipinski definition) is 4. The molecule has 1 atom stereocenters. The summed E-state index contributed by atoms with van der Waals surface area (Å²) in [4.78, 5) is 18.2. The lowest BCUT2D eigenvalue weighted by Gasteiger charge is -2.35. The fourth-order valence-corrected chi connectivity index (χ4v) is 3.07. The van der Waals surface area contributed by atoms with Crippen LogP contribution in [0.2, 0.25) is 0 Å². The van der Waals surface area contributed by atoms with Crippen LogP contribution < -0.4 is 9.86 Å². The predicted octanol–water partition coefficient (Wildman–Crippen LogP) is 0.577. The minimum atomic E-state index is -3.75. The number of pyridine rings is 1. The van der Waals surface area contributed by atoms with E-state index in [9.17, 15) is 13.2 Å². The average Bonchev–Trinajstić information content (AvgIpc) is 2.50. The molecule has 7 nitrogen and oxygen atoms in total. The normalized spacial score (nSPS) is 19.2. The molecule has 23 heavy (non-hydrogen) atoms. The molecule has 0 radical (unpaired) electrons. The van der Waals surface area contributed by atoms with Crippen molar-refractivity contribution in [2.75, 3.05) is 13.1 Å². The van der Waals surface area contributed by atoms with Gasteiger partial charge in [-0.25, -0.2) is 9.86 Å². The number of nitrogens with one attached hydrogen (secondary N) is 1. The van der Waals surface area contributed by atoms with Crippen molar-refractivity contribution in [3.05, 3.63) is 35.7 Å². The molecule has 0 bridgehead atoms. The number of carbonyl (C=O) groups excluding carboxylic acids is 1. The molecule has 1 saturated heterocycles. The first kappa shape index (κ1) is 17.6. The zero-order valence-corrected chi connectivity index (χ0v) is 13.9. The molecule has 0 saturated carbocycles. The van der Waals surface area contributed by atoms with Gasteiger partial charge in [0.05, 0.1) is 0 Å². The zero-order valence-electron chi connectivity index (χ0n) is 13.1. The van der Waals surface area contributed by atoms with Crippen LogP contribution in [0.15, 0.2) is 24.5 Å². The van der Waals surface area contributed by atoms with E-state index in [2.05, 4.69) is 9.71 Å². The van der Waals surface area contributed by atoms with Gasteiger partial charge in [-0.15, -0.1) is 0 Å². The predicted molar refractivity (Wildman–Crippen MR) is 88.5 cm³/mol. The summed E-state index contributed by atoms with van der Waals surface area (Å²) in [5.74, 6) is -0.132. The second kappa shape index (κ2) is 7.67. The largest absolute Gasteiger partial charge is 0.335 e. The van der Waals surface area contributed by atoms with Gasteiger partial charge in [0.2, 0.25) is 5.91 Å². The van der Waals surface area contributed by atoms with Crippen molar-refractivity contribution in [2.24, 2.45) is 5.14 Å². The van der Waals surface area contributed by atoms with Crippen molar-refractivity contribution in [3.63, 3.8) is 0 Å². The zero-order chi connectivity index (χ0) is 16.9. The van der Waals surface area contributed by atoms with Crippen LogP contribution in [0, 0.1) is 6.92 Å². The third-order valence-electron chi connectivity index (χ3n) is 3.74. The van der Waals surface area contributed by atoms with Gasteiger partial charge in [-0.2, -0.15) is 8.42 Å². The number of hydrogen-bond donors (Lipinski definition) is 2.